The highest BCUT2D eigenvalue weighted by Crippen LogP contribution is 2.55. The SMILES string of the molecule is COc1cccc2c1C(=O)c1c(O)c3c(c(O)c1C2=O)[C@@](O)(C(=O)COC(=O)C1C2CCC(O2)C1C(=O)N1CCN(C)CC1)CC[C@@H]3O[C@H]1CC(N)[C@H](O)[C@H](C)O1. The van der Waals surface area contributed by atoms with Gasteiger partial charge in [-0.05, 0) is 45.7 Å². The zero-order valence-electron chi connectivity index (χ0n) is 31.8. The third kappa shape index (κ3) is 6.31. The minimum Gasteiger partial charge on any atom is -0.507 e. The highest BCUT2D eigenvalue weighted by atomic mass is 16.7. The number of likely N-dealkylation sites (N-methyl/N-ethyl adjacent to an activating group) is 1. The van der Waals surface area contributed by atoms with Crippen molar-refractivity contribution in [2.45, 2.75) is 87.5 Å². The second-order valence-corrected chi connectivity index (χ2v) is 16.0. The van der Waals surface area contributed by atoms with Crippen molar-refractivity contribution in [3.05, 3.63) is 51.6 Å². The lowest BCUT2D eigenvalue weighted by Crippen LogP contribution is -2.53. The van der Waals surface area contributed by atoms with Gasteiger partial charge in [0.05, 0.1) is 66.2 Å². The van der Waals surface area contributed by atoms with Gasteiger partial charge in [0.15, 0.2) is 24.3 Å². The first-order chi connectivity index (χ1) is 27.2. The van der Waals surface area contributed by atoms with E-state index in [1.807, 2.05) is 7.05 Å². The Morgan fingerprint density at radius 3 is 2.32 bits per heavy atom. The van der Waals surface area contributed by atoms with Crippen LogP contribution in [0.15, 0.2) is 18.2 Å². The van der Waals surface area contributed by atoms with Gasteiger partial charge in [-0.1, -0.05) is 12.1 Å². The van der Waals surface area contributed by atoms with Crippen LogP contribution in [0.3, 0.4) is 0 Å². The summed E-state index contributed by atoms with van der Waals surface area (Å²) in [5, 5.41) is 46.7. The Hall–Kier alpha value is -4.49. The normalized spacial score (nSPS) is 33.4. The van der Waals surface area contributed by atoms with Crippen molar-refractivity contribution in [2.75, 3.05) is 46.9 Å². The molecule has 2 aliphatic carbocycles. The fraction of sp³-hybridized carbons (Fsp3) is 0.575. The van der Waals surface area contributed by atoms with E-state index < -0.39 is 125 Å². The third-order valence-electron chi connectivity index (χ3n) is 12.7. The van der Waals surface area contributed by atoms with Gasteiger partial charge in [0.2, 0.25) is 17.5 Å². The number of amides is 1. The van der Waals surface area contributed by atoms with Crippen LogP contribution in [-0.2, 0) is 38.9 Å². The van der Waals surface area contributed by atoms with Crippen molar-refractivity contribution in [1.82, 2.24) is 9.80 Å². The van der Waals surface area contributed by atoms with Gasteiger partial charge < -0.3 is 59.6 Å². The Balaban J connectivity index is 1.13. The van der Waals surface area contributed by atoms with Crippen molar-refractivity contribution >= 4 is 29.2 Å². The number of aliphatic hydroxyl groups is 2. The van der Waals surface area contributed by atoms with Gasteiger partial charge in [0, 0.05) is 55.3 Å². The highest BCUT2D eigenvalue weighted by Gasteiger charge is 2.58. The smallest absolute Gasteiger partial charge is 0.312 e. The average molecular weight is 794 g/mol. The van der Waals surface area contributed by atoms with Crippen LogP contribution in [0.1, 0.15) is 88.1 Å². The predicted molar refractivity (Wildman–Crippen MR) is 194 cm³/mol. The molecule has 4 fully saturated rings. The van der Waals surface area contributed by atoms with E-state index >= 15 is 0 Å². The van der Waals surface area contributed by atoms with Crippen LogP contribution in [0, 0.1) is 11.8 Å². The van der Waals surface area contributed by atoms with Gasteiger partial charge in [-0.15, -0.1) is 0 Å². The molecular formula is C40H47N3O14. The quantitative estimate of drug-likeness (QED) is 0.153. The molecule has 17 heteroatoms. The molecule has 0 saturated carbocycles. The number of fused-ring (bicyclic) bond motifs is 5. The molecule has 0 aromatic heterocycles. The lowest BCUT2D eigenvalue weighted by atomic mass is 9.70. The number of carbonyl (C=O) groups is 5. The van der Waals surface area contributed by atoms with E-state index in [1.165, 1.54) is 25.3 Å². The Labute approximate surface area is 327 Å². The number of Topliss-reactive ketones (excluding diaryl/α,β-unsaturated/α-hetero) is 1. The van der Waals surface area contributed by atoms with Gasteiger partial charge in [-0.3, -0.25) is 24.0 Å². The van der Waals surface area contributed by atoms with E-state index in [0.29, 0.717) is 39.0 Å². The topological polar surface area (TPSA) is 245 Å². The van der Waals surface area contributed by atoms with Crippen molar-refractivity contribution in [1.29, 1.82) is 0 Å². The molecule has 4 saturated heterocycles. The maximum atomic E-state index is 14.2. The number of nitrogens with two attached hydrogens (primary N) is 1. The van der Waals surface area contributed by atoms with Gasteiger partial charge in [-0.2, -0.15) is 0 Å². The largest absolute Gasteiger partial charge is 0.507 e. The molecule has 57 heavy (non-hydrogen) atoms. The number of phenols is 2. The van der Waals surface area contributed by atoms with Gasteiger partial charge in [-0.25, -0.2) is 0 Å². The number of piperazine rings is 1. The summed E-state index contributed by atoms with van der Waals surface area (Å²) in [6, 6.07) is 3.53. The molecule has 6 N–H and O–H groups in total. The zero-order valence-corrected chi connectivity index (χ0v) is 31.8. The number of nitrogens with zero attached hydrogens (tertiary/aromatic N) is 2. The molecule has 2 bridgehead atoms. The molecule has 4 heterocycles. The van der Waals surface area contributed by atoms with Crippen molar-refractivity contribution in [3.63, 3.8) is 0 Å². The first-order valence-corrected chi connectivity index (χ1v) is 19.3. The summed E-state index contributed by atoms with van der Waals surface area (Å²) in [5.74, 6) is -7.41. The summed E-state index contributed by atoms with van der Waals surface area (Å²) in [6.07, 6.45) is -4.61. The molecule has 2 aromatic rings. The molecule has 306 valence electrons. The number of phenolic OH excluding ortho intramolecular Hbond substituents is 2. The molecule has 10 atom stereocenters. The summed E-state index contributed by atoms with van der Waals surface area (Å²) < 4.78 is 29.0. The van der Waals surface area contributed by atoms with E-state index in [4.69, 9.17) is 29.4 Å². The molecular weight excluding hydrogens is 746 g/mol. The summed E-state index contributed by atoms with van der Waals surface area (Å²) in [4.78, 5) is 73.7. The molecule has 2 aromatic carbocycles. The Kier molecular flexibility index (Phi) is 10.2. The molecule has 8 rings (SSSR count). The zero-order chi connectivity index (χ0) is 40.7. The van der Waals surface area contributed by atoms with E-state index in [0.717, 1.165) is 0 Å². The minimum absolute atomic E-state index is 0.0151. The number of aromatic hydroxyl groups is 2. The molecule has 0 spiro atoms. The number of hydrogen-bond donors (Lipinski definition) is 5. The molecule has 1 amide bonds. The lowest BCUT2D eigenvalue weighted by Gasteiger charge is -2.42. The van der Waals surface area contributed by atoms with E-state index in [-0.39, 0.29) is 41.2 Å². The van der Waals surface area contributed by atoms with Crippen LogP contribution in [0.4, 0.5) is 0 Å². The highest BCUT2D eigenvalue weighted by molar-refractivity contribution is 6.31. The maximum Gasteiger partial charge on any atom is 0.312 e. The number of carbonyl (C=O) groups excluding carboxylic acids is 5. The molecule has 6 aliphatic rings. The number of ketones is 3. The standard InChI is InChI=1S/C40H47N3O14/c1-17-33(45)19(41)15-25(55-17)57-23-9-10-40(52,32-29(23)36(48)31-30(37(32)49)34(46)18-5-4-6-20(53-3)26(18)35(31)47)24(44)16-54-39(51)28-22-8-7-21(56-22)27(28)38(50)43-13-11-42(2)12-14-43/h4-6,17,19,21-23,25,27-28,33,45,48-49,52H,7-16,41H2,1-3H3/t17-,19?,21?,22?,23-,25-,27?,28?,33+,40-/m0/s1. The summed E-state index contributed by atoms with van der Waals surface area (Å²) in [7, 11) is 3.26. The fourth-order valence-electron chi connectivity index (χ4n) is 9.56. The minimum atomic E-state index is -2.67. The number of esters is 1. The molecule has 17 nitrogen and oxygen atoms in total. The Morgan fingerprint density at radius 1 is 0.947 bits per heavy atom. The summed E-state index contributed by atoms with van der Waals surface area (Å²) in [5.41, 5.74) is 1.00. The van der Waals surface area contributed by atoms with Crippen LogP contribution in [0.2, 0.25) is 0 Å². The van der Waals surface area contributed by atoms with Gasteiger partial charge >= 0.3 is 5.97 Å². The maximum absolute atomic E-state index is 14.2. The van der Waals surface area contributed by atoms with Crippen LogP contribution in [-0.4, -0.2) is 143 Å². The van der Waals surface area contributed by atoms with Crippen molar-refractivity contribution in [2.24, 2.45) is 17.6 Å². The van der Waals surface area contributed by atoms with Crippen LogP contribution >= 0.6 is 0 Å². The Morgan fingerprint density at radius 2 is 1.63 bits per heavy atom. The lowest BCUT2D eigenvalue weighted by molar-refractivity contribution is -0.244. The van der Waals surface area contributed by atoms with Gasteiger partial charge in [0.25, 0.3) is 0 Å². The van der Waals surface area contributed by atoms with Crippen molar-refractivity contribution in [3.8, 4) is 17.2 Å². The molecule has 5 unspecified atom stereocenters. The number of benzene rings is 2. The third-order valence-corrected chi connectivity index (χ3v) is 12.7. The number of aliphatic hydroxyl groups excluding tert-OH is 1. The van der Waals surface area contributed by atoms with E-state index in [9.17, 15) is 44.4 Å². The second-order valence-electron chi connectivity index (χ2n) is 16.0. The van der Waals surface area contributed by atoms with Crippen LogP contribution in [0.25, 0.3) is 0 Å². The number of hydrogen-bond acceptors (Lipinski definition) is 16. The second kappa shape index (κ2) is 14.7. The summed E-state index contributed by atoms with van der Waals surface area (Å²) in [6.45, 7) is 2.94. The van der Waals surface area contributed by atoms with Crippen molar-refractivity contribution < 1.29 is 68.1 Å². The van der Waals surface area contributed by atoms with E-state index in [1.54, 1.807) is 11.8 Å². The first kappa shape index (κ1) is 39.3. The van der Waals surface area contributed by atoms with Crippen LogP contribution in [0.5, 0.6) is 17.2 Å². The number of methoxy groups -OCH3 is 1. The summed E-state index contributed by atoms with van der Waals surface area (Å²) >= 11 is 0. The monoisotopic (exact) mass is 793 g/mol. The van der Waals surface area contributed by atoms with Gasteiger partial charge in [0.1, 0.15) is 17.2 Å². The Bertz CT molecular complexity index is 2020. The fourth-order valence-corrected chi connectivity index (χ4v) is 9.56. The predicted octanol–water partition coefficient (Wildman–Crippen LogP) is 0.424. The van der Waals surface area contributed by atoms with E-state index in [2.05, 4.69) is 4.90 Å². The number of ether oxygens (including phenoxy) is 5. The molecule has 4 aliphatic heterocycles. The van der Waals surface area contributed by atoms with Crippen LogP contribution < -0.4 is 10.5 Å². The molecule has 0 radical (unpaired) electrons. The number of rotatable bonds is 8. The first-order valence-electron chi connectivity index (χ1n) is 19.3. The average Bonchev–Trinajstić information content (AvgIpc) is 3.82.